The summed E-state index contributed by atoms with van der Waals surface area (Å²) >= 11 is 0. The molecule has 0 bridgehead atoms. The Morgan fingerprint density at radius 1 is 0.902 bits per heavy atom. The van der Waals surface area contributed by atoms with Gasteiger partial charge in [-0.1, -0.05) is 31.2 Å². The van der Waals surface area contributed by atoms with Gasteiger partial charge < -0.3 is 10.1 Å². The molecule has 0 spiro atoms. The van der Waals surface area contributed by atoms with E-state index in [1.807, 2.05) is 0 Å². The number of carbonyl (C=O) groups excluding carboxylic acids is 1. The number of halogens is 8. The third kappa shape index (κ3) is 6.17. The van der Waals surface area contributed by atoms with Crippen LogP contribution >= 0.6 is 0 Å². The summed E-state index contributed by atoms with van der Waals surface area (Å²) in [6.45, 7) is 6.55. The lowest BCUT2D eigenvalue weighted by Gasteiger charge is -2.44. The largest absolute Gasteiger partial charge is 0.444 e. The number of sulfone groups is 1. The van der Waals surface area contributed by atoms with Crippen molar-refractivity contribution in [1.82, 2.24) is 5.32 Å². The van der Waals surface area contributed by atoms with Crippen molar-refractivity contribution < 1.29 is 53.1 Å². The monoisotopic (exact) mass is 615 g/mol. The zero-order valence-corrected chi connectivity index (χ0v) is 23.3. The predicted molar refractivity (Wildman–Crippen MR) is 133 cm³/mol. The number of hydrogen-bond acceptors (Lipinski definition) is 4. The summed E-state index contributed by atoms with van der Waals surface area (Å²) in [7, 11) is -4.46. The standard InChI is InChI=1S/C27H29F8NO4S/c1-16-15-24(41(38,39)20-11-9-19(28)10-12-20,14-13-21(16)36-22(37)40-23(2,3)4)17-5-7-18(8-6-17)25(29,26(30,31)32)27(33,34)35/h5-12,16,21H,13-15H2,1-4H3,(H,36,37)/t16-,21?,24-/m1/s1. The van der Waals surface area contributed by atoms with Crippen LogP contribution in [0.25, 0.3) is 0 Å². The molecular weight excluding hydrogens is 586 g/mol. The van der Waals surface area contributed by atoms with Gasteiger partial charge in [0.25, 0.3) is 0 Å². The first-order valence-electron chi connectivity index (χ1n) is 12.5. The summed E-state index contributed by atoms with van der Waals surface area (Å²) in [5, 5.41) is 2.67. The highest BCUT2D eigenvalue weighted by Gasteiger charge is 2.73. The molecule has 1 N–H and O–H groups in total. The van der Waals surface area contributed by atoms with Gasteiger partial charge in [0.05, 0.1) is 4.90 Å². The fourth-order valence-corrected chi connectivity index (χ4v) is 7.36. The third-order valence-electron chi connectivity index (χ3n) is 7.13. The second-order valence-corrected chi connectivity index (χ2v) is 13.4. The summed E-state index contributed by atoms with van der Waals surface area (Å²) in [6.07, 6.45) is -13.9. The Hall–Kier alpha value is -2.90. The van der Waals surface area contributed by atoms with Crippen LogP contribution in [0.2, 0.25) is 0 Å². The minimum atomic E-state index is -6.34. The van der Waals surface area contributed by atoms with Gasteiger partial charge in [-0.3, -0.25) is 0 Å². The molecule has 41 heavy (non-hydrogen) atoms. The second kappa shape index (κ2) is 10.7. The molecule has 3 rings (SSSR count). The number of carbonyl (C=O) groups is 1. The minimum Gasteiger partial charge on any atom is -0.444 e. The molecule has 1 aliphatic rings. The zero-order chi connectivity index (χ0) is 31.2. The van der Waals surface area contributed by atoms with Gasteiger partial charge >= 0.3 is 24.1 Å². The first-order valence-corrected chi connectivity index (χ1v) is 14.0. The average molecular weight is 616 g/mol. The molecule has 0 heterocycles. The van der Waals surface area contributed by atoms with E-state index in [4.69, 9.17) is 4.74 Å². The van der Waals surface area contributed by atoms with Gasteiger partial charge in [0.1, 0.15) is 16.2 Å². The number of amides is 1. The number of ether oxygens (including phenoxy) is 1. The number of nitrogens with one attached hydrogen (secondary N) is 1. The number of hydrogen-bond donors (Lipinski definition) is 1. The van der Waals surface area contributed by atoms with Crippen LogP contribution in [0.1, 0.15) is 58.1 Å². The Kier molecular flexibility index (Phi) is 8.54. The highest BCUT2D eigenvalue weighted by Crippen LogP contribution is 2.54. The highest BCUT2D eigenvalue weighted by molar-refractivity contribution is 7.92. The number of alkyl halides is 7. The molecule has 0 aliphatic heterocycles. The lowest BCUT2D eigenvalue weighted by atomic mass is 9.75. The predicted octanol–water partition coefficient (Wildman–Crippen LogP) is 7.50. The maximum absolute atomic E-state index is 14.6. The van der Waals surface area contributed by atoms with Crippen molar-refractivity contribution >= 4 is 15.9 Å². The van der Waals surface area contributed by atoms with Crippen LogP contribution < -0.4 is 5.32 Å². The molecule has 1 amide bonds. The molecule has 3 atom stereocenters. The molecule has 0 aromatic heterocycles. The molecule has 5 nitrogen and oxygen atoms in total. The van der Waals surface area contributed by atoms with Gasteiger partial charge in [-0.15, -0.1) is 0 Å². The van der Waals surface area contributed by atoms with E-state index in [2.05, 4.69) is 5.32 Å². The van der Waals surface area contributed by atoms with E-state index < -0.39 is 67.6 Å². The maximum Gasteiger partial charge on any atom is 0.435 e. The lowest BCUT2D eigenvalue weighted by Crippen LogP contribution is -2.51. The van der Waals surface area contributed by atoms with E-state index in [0.29, 0.717) is 0 Å². The lowest BCUT2D eigenvalue weighted by molar-refractivity contribution is -0.348. The Balaban J connectivity index is 2.10. The normalized spacial score (nSPS) is 22.7. The van der Waals surface area contributed by atoms with E-state index in [9.17, 15) is 48.3 Å². The molecule has 1 fully saturated rings. The van der Waals surface area contributed by atoms with Gasteiger partial charge in [0.15, 0.2) is 9.84 Å². The first-order chi connectivity index (χ1) is 18.5. The van der Waals surface area contributed by atoms with Crippen LogP contribution in [-0.2, 0) is 25.0 Å². The van der Waals surface area contributed by atoms with E-state index in [1.165, 1.54) is 0 Å². The SMILES string of the molecule is C[C@@H]1C[C@](c2ccc(C(F)(C(F)(F)F)C(F)(F)F)cc2)(S(=O)(=O)c2ccc(F)cc2)CCC1NC(=O)OC(C)(C)C. The fraction of sp³-hybridized carbons (Fsp3) is 0.519. The van der Waals surface area contributed by atoms with Crippen LogP contribution in [0.15, 0.2) is 53.4 Å². The van der Waals surface area contributed by atoms with Crippen LogP contribution in [0.4, 0.5) is 39.9 Å². The molecule has 1 saturated carbocycles. The summed E-state index contributed by atoms with van der Waals surface area (Å²) in [5.74, 6) is -1.32. The van der Waals surface area contributed by atoms with Gasteiger partial charge in [-0.25, -0.2) is 22.0 Å². The van der Waals surface area contributed by atoms with E-state index in [0.717, 1.165) is 36.4 Å². The summed E-state index contributed by atoms with van der Waals surface area (Å²) in [6, 6.07) is 5.20. The van der Waals surface area contributed by atoms with Crippen molar-refractivity contribution in [3.63, 3.8) is 0 Å². The first kappa shape index (κ1) is 32.6. The zero-order valence-electron chi connectivity index (χ0n) is 22.5. The van der Waals surface area contributed by atoms with Crippen LogP contribution in [0.5, 0.6) is 0 Å². The number of rotatable bonds is 5. The minimum absolute atomic E-state index is 0.0285. The Morgan fingerprint density at radius 2 is 1.41 bits per heavy atom. The molecule has 2 aromatic carbocycles. The molecule has 0 saturated heterocycles. The van der Waals surface area contributed by atoms with E-state index >= 15 is 0 Å². The highest BCUT2D eigenvalue weighted by atomic mass is 32.2. The van der Waals surface area contributed by atoms with Crippen LogP contribution in [0, 0.1) is 11.7 Å². The van der Waals surface area contributed by atoms with Gasteiger partial charge in [-0.05, 0) is 75.8 Å². The third-order valence-corrected chi connectivity index (χ3v) is 9.66. The topological polar surface area (TPSA) is 72.5 Å². The molecule has 1 aliphatic carbocycles. The van der Waals surface area contributed by atoms with Crippen LogP contribution in [-0.4, -0.2) is 38.5 Å². The van der Waals surface area contributed by atoms with Crippen molar-refractivity contribution in [2.75, 3.05) is 0 Å². The Bertz CT molecular complexity index is 1340. The molecular formula is C27H29F8NO4S. The van der Waals surface area contributed by atoms with Crippen molar-refractivity contribution in [2.24, 2.45) is 5.92 Å². The van der Waals surface area contributed by atoms with E-state index in [1.54, 1.807) is 27.7 Å². The average Bonchev–Trinajstić information content (AvgIpc) is 2.82. The summed E-state index contributed by atoms with van der Waals surface area (Å²) in [5.41, 5.74) is -8.45. The van der Waals surface area contributed by atoms with Crippen molar-refractivity contribution in [3.05, 3.63) is 65.5 Å². The smallest absolute Gasteiger partial charge is 0.435 e. The second-order valence-electron chi connectivity index (χ2n) is 11.2. The molecule has 1 unspecified atom stereocenters. The van der Waals surface area contributed by atoms with E-state index in [-0.39, 0.29) is 41.9 Å². The summed E-state index contributed by atoms with van der Waals surface area (Å²) in [4.78, 5) is 12.0. The maximum atomic E-state index is 14.6. The number of alkyl carbamates (subject to hydrolysis) is 1. The number of benzene rings is 2. The van der Waals surface area contributed by atoms with Crippen molar-refractivity contribution in [2.45, 2.75) is 86.3 Å². The van der Waals surface area contributed by atoms with Crippen molar-refractivity contribution in [1.29, 1.82) is 0 Å². The summed E-state index contributed by atoms with van der Waals surface area (Å²) < 4.78 is 139. The van der Waals surface area contributed by atoms with Gasteiger partial charge in [0.2, 0.25) is 0 Å². The molecule has 228 valence electrons. The quantitative estimate of drug-likeness (QED) is 0.279. The molecule has 14 heteroatoms. The van der Waals surface area contributed by atoms with Gasteiger partial charge in [0, 0.05) is 11.6 Å². The Labute approximate surface area is 232 Å². The Morgan fingerprint density at radius 3 is 1.85 bits per heavy atom. The molecule has 0 radical (unpaired) electrons. The van der Waals surface area contributed by atoms with Crippen molar-refractivity contribution in [3.8, 4) is 0 Å². The molecule has 2 aromatic rings. The fourth-order valence-electron chi connectivity index (χ4n) is 5.10. The van der Waals surface area contributed by atoms with Gasteiger partial charge in [-0.2, -0.15) is 26.3 Å². The van der Waals surface area contributed by atoms with Crippen LogP contribution in [0.3, 0.4) is 0 Å².